The van der Waals surface area contributed by atoms with Crippen molar-refractivity contribution in [2.75, 3.05) is 6.54 Å². The summed E-state index contributed by atoms with van der Waals surface area (Å²) in [6.45, 7) is -0.151. The monoisotopic (exact) mass is 217 g/mol. The van der Waals surface area contributed by atoms with Crippen molar-refractivity contribution >= 4 is 22.7 Å². The Balaban J connectivity index is 2.19. The van der Waals surface area contributed by atoms with E-state index < -0.39 is 5.91 Å². The van der Waals surface area contributed by atoms with E-state index in [-0.39, 0.29) is 12.5 Å². The number of aromatic nitrogens is 1. The fourth-order valence-electron chi connectivity index (χ4n) is 1.46. The molecule has 2 amide bonds. The molecule has 0 atom stereocenters. The number of nitrogens with one attached hydrogen (secondary N) is 2. The van der Waals surface area contributed by atoms with Crippen molar-refractivity contribution in [3.63, 3.8) is 0 Å². The molecule has 0 unspecified atom stereocenters. The molecule has 0 saturated carbocycles. The third kappa shape index (κ3) is 2.03. The first-order chi connectivity index (χ1) is 7.66. The second-order valence-electron chi connectivity index (χ2n) is 3.43. The molecule has 0 saturated heterocycles. The van der Waals surface area contributed by atoms with E-state index >= 15 is 0 Å². The van der Waals surface area contributed by atoms with Crippen LogP contribution in [0.3, 0.4) is 0 Å². The SMILES string of the molecule is NC(=O)CNC(=O)c1ccc2cc[nH]c2c1. The van der Waals surface area contributed by atoms with Crippen LogP contribution in [0.1, 0.15) is 10.4 Å². The maximum atomic E-state index is 11.6. The van der Waals surface area contributed by atoms with Gasteiger partial charge in [0.2, 0.25) is 5.91 Å². The molecule has 2 rings (SSSR count). The van der Waals surface area contributed by atoms with Crippen molar-refractivity contribution in [3.8, 4) is 0 Å². The van der Waals surface area contributed by atoms with Gasteiger partial charge in [0.05, 0.1) is 6.54 Å². The van der Waals surface area contributed by atoms with E-state index in [2.05, 4.69) is 10.3 Å². The average molecular weight is 217 g/mol. The first kappa shape index (κ1) is 10.2. The van der Waals surface area contributed by atoms with Gasteiger partial charge in [-0.15, -0.1) is 0 Å². The van der Waals surface area contributed by atoms with Crippen LogP contribution < -0.4 is 11.1 Å². The second kappa shape index (κ2) is 4.06. The Kier molecular flexibility index (Phi) is 2.59. The summed E-state index contributed by atoms with van der Waals surface area (Å²) in [4.78, 5) is 25.1. The molecule has 1 heterocycles. The smallest absolute Gasteiger partial charge is 0.251 e. The zero-order chi connectivity index (χ0) is 11.5. The van der Waals surface area contributed by atoms with Crippen LogP contribution in [0.2, 0.25) is 0 Å². The summed E-state index contributed by atoms with van der Waals surface area (Å²) >= 11 is 0. The van der Waals surface area contributed by atoms with Gasteiger partial charge >= 0.3 is 0 Å². The van der Waals surface area contributed by atoms with E-state index in [0.717, 1.165) is 10.9 Å². The largest absolute Gasteiger partial charge is 0.368 e. The molecule has 1 aromatic heterocycles. The lowest BCUT2D eigenvalue weighted by atomic mass is 10.1. The topological polar surface area (TPSA) is 88.0 Å². The number of fused-ring (bicyclic) bond motifs is 1. The Bertz CT molecular complexity index is 545. The predicted octanol–water partition coefficient (Wildman–Crippen LogP) is 0.383. The van der Waals surface area contributed by atoms with Gasteiger partial charge in [-0.25, -0.2) is 0 Å². The van der Waals surface area contributed by atoms with Crippen molar-refractivity contribution in [1.29, 1.82) is 0 Å². The fourth-order valence-corrected chi connectivity index (χ4v) is 1.46. The van der Waals surface area contributed by atoms with E-state index in [1.807, 2.05) is 12.1 Å². The molecule has 2 aromatic rings. The van der Waals surface area contributed by atoms with Crippen LogP contribution in [-0.4, -0.2) is 23.3 Å². The van der Waals surface area contributed by atoms with Gasteiger partial charge in [0.25, 0.3) is 5.91 Å². The number of hydrogen-bond acceptors (Lipinski definition) is 2. The number of amides is 2. The highest BCUT2D eigenvalue weighted by Crippen LogP contribution is 2.13. The van der Waals surface area contributed by atoms with Crippen molar-refractivity contribution < 1.29 is 9.59 Å². The van der Waals surface area contributed by atoms with Crippen molar-refractivity contribution in [2.24, 2.45) is 5.73 Å². The lowest BCUT2D eigenvalue weighted by Crippen LogP contribution is -2.33. The van der Waals surface area contributed by atoms with Crippen molar-refractivity contribution in [3.05, 3.63) is 36.0 Å². The predicted molar refractivity (Wildman–Crippen MR) is 59.8 cm³/mol. The third-order valence-electron chi connectivity index (χ3n) is 2.24. The minimum absolute atomic E-state index is 0.151. The molecule has 5 nitrogen and oxygen atoms in total. The second-order valence-corrected chi connectivity index (χ2v) is 3.43. The number of H-pyrrole nitrogens is 1. The number of carbonyl (C=O) groups excluding carboxylic acids is 2. The molecule has 82 valence electrons. The molecule has 0 aliphatic rings. The average Bonchev–Trinajstić information content (AvgIpc) is 2.72. The van der Waals surface area contributed by atoms with Crippen LogP contribution in [0.4, 0.5) is 0 Å². The normalized spacial score (nSPS) is 10.2. The number of benzene rings is 1. The number of aromatic amines is 1. The molecule has 0 spiro atoms. The maximum absolute atomic E-state index is 11.6. The van der Waals surface area contributed by atoms with Crippen LogP contribution in [0, 0.1) is 0 Å². The molecule has 0 fully saturated rings. The Morgan fingerprint density at radius 2 is 2.12 bits per heavy atom. The first-order valence-corrected chi connectivity index (χ1v) is 4.80. The summed E-state index contributed by atoms with van der Waals surface area (Å²) in [5.74, 6) is -0.871. The van der Waals surface area contributed by atoms with E-state index in [1.54, 1.807) is 18.3 Å². The van der Waals surface area contributed by atoms with Gasteiger partial charge in [-0.3, -0.25) is 9.59 Å². The fraction of sp³-hybridized carbons (Fsp3) is 0.0909. The Morgan fingerprint density at radius 1 is 1.31 bits per heavy atom. The standard InChI is InChI=1S/C11H11N3O2/c12-10(15)6-14-11(16)8-2-1-7-3-4-13-9(7)5-8/h1-5,13H,6H2,(H2,12,15)(H,14,16). The van der Waals surface area contributed by atoms with Crippen LogP contribution in [0.5, 0.6) is 0 Å². The molecule has 4 N–H and O–H groups in total. The van der Waals surface area contributed by atoms with Gasteiger partial charge in [-0.1, -0.05) is 6.07 Å². The molecule has 0 aliphatic carbocycles. The summed E-state index contributed by atoms with van der Waals surface area (Å²) in [5.41, 5.74) is 6.31. The molecular formula is C11H11N3O2. The van der Waals surface area contributed by atoms with E-state index in [1.165, 1.54) is 0 Å². The zero-order valence-corrected chi connectivity index (χ0v) is 8.49. The Hall–Kier alpha value is -2.30. The quantitative estimate of drug-likeness (QED) is 0.694. The molecule has 0 bridgehead atoms. The number of carbonyl (C=O) groups is 2. The van der Waals surface area contributed by atoms with Gasteiger partial charge in [0, 0.05) is 17.3 Å². The highest BCUT2D eigenvalue weighted by Gasteiger charge is 2.07. The molecular weight excluding hydrogens is 206 g/mol. The number of primary amides is 1. The van der Waals surface area contributed by atoms with Crippen LogP contribution in [0.15, 0.2) is 30.5 Å². The van der Waals surface area contributed by atoms with Gasteiger partial charge in [0.15, 0.2) is 0 Å². The molecule has 0 radical (unpaired) electrons. The van der Waals surface area contributed by atoms with Gasteiger partial charge in [-0.2, -0.15) is 0 Å². The molecule has 1 aromatic carbocycles. The summed E-state index contributed by atoms with van der Waals surface area (Å²) in [6.07, 6.45) is 1.80. The van der Waals surface area contributed by atoms with Gasteiger partial charge in [0.1, 0.15) is 0 Å². The third-order valence-corrected chi connectivity index (χ3v) is 2.24. The Labute approximate surface area is 91.6 Å². The lowest BCUT2D eigenvalue weighted by molar-refractivity contribution is -0.117. The van der Waals surface area contributed by atoms with Crippen LogP contribution >= 0.6 is 0 Å². The van der Waals surface area contributed by atoms with Crippen molar-refractivity contribution in [1.82, 2.24) is 10.3 Å². The highest BCUT2D eigenvalue weighted by molar-refractivity contribution is 5.99. The molecule has 0 aliphatic heterocycles. The van der Waals surface area contributed by atoms with Gasteiger partial charge < -0.3 is 16.0 Å². The van der Waals surface area contributed by atoms with E-state index in [0.29, 0.717) is 5.56 Å². The van der Waals surface area contributed by atoms with Crippen LogP contribution in [-0.2, 0) is 4.79 Å². The summed E-state index contributed by atoms with van der Waals surface area (Å²) < 4.78 is 0. The maximum Gasteiger partial charge on any atom is 0.251 e. The number of nitrogens with two attached hydrogens (primary N) is 1. The first-order valence-electron chi connectivity index (χ1n) is 4.80. The lowest BCUT2D eigenvalue weighted by Gasteiger charge is -2.02. The minimum Gasteiger partial charge on any atom is -0.368 e. The Morgan fingerprint density at radius 3 is 2.88 bits per heavy atom. The molecule has 5 heteroatoms. The zero-order valence-electron chi connectivity index (χ0n) is 8.49. The summed E-state index contributed by atoms with van der Waals surface area (Å²) in [6, 6.07) is 7.18. The number of hydrogen-bond donors (Lipinski definition) is 3. The van der Waals surface area contributed by atoms with Crippen LogP contribution in [0.25, 0.3) is 10.9 Å². The van der Waals surface area contributed by atoms with E-state index in [9.17, 15) is 9.59 Å². The summed E-state index contributed by atoms with van der Waals surface area (Å²) in [5, 5.41) is 3.46. The number of rotatable bonds is 3. The van der Waals surface area contributed by atoms with Gasteiger partial charge in [-0.05, 0) is 23.6 Å². The molecule has 16 heavy (non-hydrogen) atoms. The van der Waals surface area contributed by atoms with Crippen molar-refractivity contribution in [2.45, 2.75) is 0 Å². The highest BCUT2D eigenvalue weighted by atomic mass is 16.2. The summed E-state index contributed by atoms with van der Waals surface area (Å²) in [7, 11) is 0. The minimum atomic E-state index is -0.561. The van der Waals surface area contributed by atoms with E-state index in [4.69, 9.17) is 5.73 Å².